The molecule has 0 spiro atoms. The van der Waals surface area contributed by atoms with Gasteiger partial charge in [-0.3, -0.25) is 0 Å². The van der Waals surface area contributed by atoms with Gasteiger partial charge in [0.2, 0.25) is 0 Å². The summed E-state index contributed by atoms with van der Waals surface area (Å²) in [4.78, 5) is 0. The Hall–Kier alpha value is -0.420. The van der Waals surface area contributed by atoms with Crippen LogP contribution in [0.25, 0.3) is 0 Å². The van der Waals surface area contributed by atoms with Gasteiger partial charge in [0.05, 0.1) is 18.8 Å². The molecule has 3 nitrogen and oxygen atoms in total. The molecule has 0 bridgehead atoms. The van der Waals surface area contributed by atoms with Crippen molar-refractivity contribution in [1.82, 2.24) is 5.32 Å². The highest BCUT2D eigenvalue weighted by Crippen LogP contribution is 2.19. The fourth-order valence-corrected chi connectivity index (χ4v) is 2.47. The fraction of sp³-hybridized carbons (Fsp3) is 0.538. The van der Waals surface area contributed by atoms with Crippen molar-refractivity contribution >= 4 is 15.9 Å². The normalized spacial score (nSPS) is 19.2. The van der Waals surface area contributed by atoms with E-state index in [1.807, 2.05) is 24.3 Å². The summed E-state index contributed by atoms with van der Waals surface area (Å²) in [6.45, 7) is 2.71. The van der Waals surface area contributed by atoms with Crippen LogP contribution in [0.2, 0.25) is 0 Å². The topological polar surface area (TPSA) is 41.5 Å². The Labute approximate surface area is 110 Å². The van der Waals surface area contributed by atoms with E-state index in [1.165, 1.54) is 0 Å². The molecule has 1 aliphatic rings. The highest BCUT2D eigenvalue weighted by molar-refractivity contribution is 9.10. The predicted octanol–water partition coefficient (Wildman–Crippen LogP) is 2.08. The maximum absolute atomic E-state index is 10.2. The van der Waals surface area contributed by atoms with Gasteiger partial charge < -0.3 is 15.2 Å². The van der Waals surface area contributed by atoms with Crippen LogP contribution in [0.5, 0.6) is 0 Å². The van der Waals surface area contributed by atoms with E-state index in [9.17, 15) is 5.11 Å². The Morgan fingerprint density at radius 1 is 1.35 bits per heavy atom. The molecule has 0 radical (unpaired) electrons. The maximum Gasteiger partial charge on any atom is 0.0904 e. The Balaban J connectivity index is 1.79. The van der Waals surface area contributed by atoms with Gasteiger partial charge in [-0.2, -0.15) is 0 Å². The molecule has 0 atom stereocenters. The van der Waals surface area contributed by atoms with Crippen LogP contribution in [0.3, 0.4) is 0 Å². The minimum atomic E-state index is -0.642. The number of halogens is 1. The van der Waals surface area contributed by atoms with E-state index in [2.05, 4.69) is 21.2 Å². The van der Waals surface area contributed by atoms with Crippen LogP contribution in [0.15, 0.2) is 28.7 Å². The molecule has 1 saturated heterocycles. The molecule has 0 aromatic heterocycles. The van der Waals surface area contributed by atoms with Crippen molar-refractivity contribution in [2.75, 3.05) is 19.7 Å². The van der Waals surface area contributed by atoms with Gasteiger partial charge in [0.1, 0.15) is 0 Å². The van der Waals surface area contributed by atoms with Gasteiger partial charge in [-0.15, -0.1) is 0 Å². The van der Waals surface area contributed by atoms with Crippen molar-refractivity contribution in [3.8, 4) is 0 Å². The van der Waals surface area contributed by atoms with Gasteiger partial charge >= 0.3 is 0 Å². The summed E-state index contributed by atoms with van der Waals surface area (Å²) in [5, 5.41) is 13.5. The smallest absolute Gasteiger partial charge is 0.0904 e. The van der Waals surface area contributed by atoms with Crippen molar-refractivity contribution in [2.24, 2.45) is 0 Å². The summed E-state index contributed by atoms with van der Waals surface area (Å²) in [7, 11) is 0. The lowest BCUT2D eigenvalue weighted by atomic mass is 9.94. The van der Waals surface area contributed by atoms with Crippen LogP contribution in [0.1, 0.15) is 18.4 Å². The summed E-state index contributed by atoms with van der Waals surface area (Å²) >= 11 is 3.43. The lowest BCUT2D eigenvalue weighted by molar-refractivity contribution is -0.0687. The van der Waals surface area contributed by atoms with Gasteiger partial charge in [-0.1, -0.05) is 28.1 Å². The monoisotopic (exact) mass is 299 g/mol. The van der Waals surface area contributed by atoms with Gasteiger partial charge in [0.15, 0.2) is 0 Å². The summed E-state index contributed by atoms with van der Waals surface area (Å²) in [5.74, 6) is 0. The Morgan fingerprint density at radius 3 is 2.82 bits per heavy atom. The number of rotatable bonds is 4. The molecule has 0 saturated carbocycles. The number of nitrogens with one attached hydrogen (secondary N) is 1. The third-order valence-electron chi connectivity index (χ3n) is 3.06. The van der Waals surface area contributed by atoms with Gasteiger partial charge in [-0.05, 0) is 43.6 Å². The summed E-state index contributed by atoms with van der Waals surface area (Å²) < 4.78 is 6.67. The van der Waals surface area contributed by atoms with Crippen molar-refractivity contribution in [2.45, 2.75) is 25.0 Å². The third kappa shape index (κ3) is 4.07. The van der Waals surface area contributed by atoms with E-state index in [4.69, 9.17) is 4.74 Å². The van der Waals surface area contributed by atoms with Crippen LogP contribution in [-0.2, 0) is 11.3 Å². The number of piperidine rings is 1. The Morgan fingerprint density at radius 2 is 2.12 bits per heavy atom. The number of benzene rings is 1. The van der Waals surface area contributed by atoms with Crippen LogP contribution >= 0.6 is 15.9 Å². The first-order chi connectivity index (χ1) is 8.18. The molecular formula is C13H18BrNO2. The lowest BCUT2D eigenvalue weighted by Gasteiger charge is -2.32. The number of aliphatic hydroxyl groups is 1. The van der Waals surface area contributed by atoms with Crippen LogP contribution in [-0.4, -0.2) is 30.4 Å². The molecule has 4 heteroatoms. The van der Waals surface area contributed by atoms with Gasteiger partial charge in [-0.25, -0.2) is 0 Å². The molecule has 94 valence electrons. The minimum absolute atomic E-state index is 0.418. The highest BCUT2D eigenvalue weighted by Gasteiger charge is 2.29. The molecule has 0 unspecified atom stereocenters. The van der Waals surface area contributed by atoms with E-state index in [-0.39, 0.29) is 0 Å². The number of ether oxygens (including phenoxy) is 1. The molecule has 1 aliphatic heterocycles. The standard InChI is InChI=1S/C13H18BrNO2/c14-12-3-1-2-11(8-12)9-17-10-13(16)4-6-15-7-5-13/h1-3,8,15-16H,4-7,9-10H2. The Kier molecular flexibility index (Phi) is 4.56. The molecule has 2 rings (SSSR count). The molecule has 17 heavy (non-hydrogen) atoms. The molecular weight excluding hydrogens is 282 g/mol. The predicted molar refractivity (Wildman–Crippen MR) is 70.9 cm³/mol. The molecule has 2 N–H and O–H groups in total. The zero-order valence-corrected chi connectivity index (χ0v) is 11.4. The summed E-state index contributed by atoms with van der Waals surface area (Å²) in [6.07, 6.45) is 1.54. The second kappa shape index (κ2) is 5.96. The average Bonchev–Trinajstić information content (AvgIpc) is 2.30. The second-order valence-electron chi connectivity index (χ2n) is 4.60. The van der Waals surface area contributed by atoms with Crippen molar-refractivity contribution in [1.29, 1.82) is 0 Å². The van der Waals surface area contributed by atoms with Crippen LogP contribution in [0, 0.1) is 0 Å². The minimum Gasteiger partial charge on any atom is -0.387 e. The third-order valence-corrected chi connectivity index (χ3v) is 3.56. The van der Waals surface area contributed by atoms with E-state index in [0.29, 0.717) is 13.2 Å². The first-order valence-electron chi connectivity index (χ1n) is 5.93. The van der Waals surface area contributed by atoms with Gasteiger partial charge in [0, 0.05) is 4.47 Å². The molecule has 1 fully saturated rings. The quantitative estimate of drug-likeness (QED) is 0.894. The lowest BCUT2D eigenvalue weighted by Crippen LogP contribution is -2.45. The van der Waals surface area contributed by atoms with E-state index in [1.54, 1.807) is 0 Å². The fourth-order valence-electron chi connectivity index (χ4n) is 2.02. The first-order valence-corrected chi connectivity index (χ1v) is 6.73. The zero-order valence-electron chi connectivity index (χ0n) is 9.79. The molecule has 1 heterocycles. The zero-order chi connectivity index (χ0) is 12.1. The average molecular weight is 300 g/mol. The molecule has 1 aromatic rings. The molecule has 0 aliphatic carbocycles. The highest BCUT2D eigenvalue weighted by atomic mass is 79.9. The van der Waals surface area contributed by atoms with Crippen molar-refractivity contribution in [3.63, 3.8) is 0 Å². The summed E-state index contributed by atoms with van der Waals surface area (Å²) in [6, 6.07) is 8.04. The Bertz CT molecular complexity index is 364. The van der Waals surface area contributed by atoms with Gasteiger partial charge in [0.25, 0.3) is 0 Å². The van der Waals surface area contributed by atoms with E-state index >= 15 is 0 Å². The summed E-state index contributed by atoms with van der Waals surface area (Å²) in [5.41, 5.74) is 0.481. The number of hydrogen-bond donors (Lipinski definition) is 2. The molecule has 0 amide bonds. The largest absolute Gasteiger partial charge is 0.387 e. The van der Waals surface area contributed by atoms with Crippen molar-refractivity contribution in [3.05, 3.63) is 34.3 Å². The number of hydrogen-bond acceptors (Lipinski definition) is 3. The maximum atomic E-state index is 10.2. The molecule has 1 aromatic carbocycles. The van der Waals surface area contributed by atoms with Crippen LogP contribution < -0.4 is 5.32 Å². The van der Waals surface area contributed by atoms with Crippen molar-refractivity contribution < 1.29 is 9.84 Å². The first kappa shape index (κ1) is 13.0. The SMILES string of the molecule is OC1(COCc2cccc(Br)c2)CCNCC1. The second-order valence-corrected chi connectivity index (χ2v) is 5.51. The van der Waals surface area contributed by atoms with E-state index < -0.39 is 5.60 Å². The van der Waals surface area contributed by atoms with E-state index in [0.717, 1.165) is 36.0 Å². The van der Waals surface area contributed by atoms with Crippen LogP contribution in [0.4, 0.5) is 0 Å².